The van der Waals surface area contributed by atoms with E-state index in [1.165, 1.54) is 7.11 Å². The fourth-order valence-corrected chi connectivity index (χ4v) is 3.33. The van der Waals surface area contributed by atoms with E-state index in [0.29, 0.717) is 28.1 Å². The van der Waals surface area contributed by atoms with Crippen LogP contribution in [0.5, 0.6) is 11.5 Å². The van der Waals surface area contributed by atoms with Gasteiger partial charge in [-0.3, -0.25) is 4.79 Å². The lowest BCUT2D eigenvalue weighted by molar-refractivity contribution is -0.117. The summed E-state index contributed by atoms with van der Waals surface area (Å²) in [5, 5.41) is 12.3. The van der Waals surface area contributed by atoms with Crippen molar-refractivity contribution in [1.82, 2.24) is 5.32 Å². The molecule has 0 bridgehead atoms. The minimum atomic E-state index is -0.337. The maximum Gasteiger partial charge on any atom is 0.262 e. The van der Waals surface area contributed by atoms with E-state index in [2.05, 4.69) is 27.8 Å². The van der Waals surface area contributed by atoms with Crippen LogP contribution in [0, 0.1) is 11.3 Å². The minimum absolute atomic E-state index is 0.0700. The van der Waals surface area contributed by atoms with Crippen molar-refractivity contribution in [3.8, 4) is 17.6 Å². The standard InChI is InChI=1S/C19H21BrN2O3/c1-3-8-25-18-16(20)10-13(11-17(18)24-2)9-14(12-21)19(23)22-15-6-4-5-7-15/h3,9-11,15H,1,4-8H2,2H3,(H,22,23)/b14-9-. The molecule has 2 rings (SSSR count). The molecule has 0 unspecified atom stereocenters. The molecule has 5 nitrogen and oxygen atoms in total. The zero-order valence-electron chi connectivity index (χ0n) is 14.2. The molecule has 25 heavy (non-hydrogen) atoms. The van der Waals surface area contributed by atoms with E-state index < -0.39 is 0 Å². The van der Waals surface area contributed by atoms with Crippen molar-refractivity contribution in [3.63, 3.8) is 0 Å². The molecule has 1 N–H and O–H groups in total. The van der Waals surface area contributed by atoms with Crippen molar-refractivity contribution in [2.24, 2.45) is 0 Å². The van der Waals surface area contributed by atoms with Crippen LogP contribution < -0.4 is 14.8 Å². The molecule has 1 amide bonds. The third-order valence-corrected chi connectivity index (χ3v) is 4.55. The first-order valence-electron chi connectivity index (χ1n) is 8.13. The molecule has 6 heteroatoms. The van der Waals surface area contributed by atoms with Gasteiger partial charge in [0.15, 0.2) is 11.5 Å². The Morgan fingerprint density at radius 3 is 2.80 bits per heavy atom. The van der Waals surface area contributed by atoms with Gasteiger partial charge in [0.05, 0.1) is 11.6 Å². The van der Waals surface area contributed by atoms with Crippen LogP contribution >= 0.6 is 15.9 Å². The van der Waals surface area contributed by atoms with E-state index in [1.807, 2.05) is 6.07 Å². The van der Waals surface area contributed by atoms with Crippen LogP contribution in [0.25, 0.3) is 6.08 Å². The van der Waals surface area contributed by atoms with Gasteiger partial charge in [0.25, 0.3) is 5.91 Å². The lowest BCUT2D eigenvalue weighted by Gasteiger charge is -2.13. The molecule has 1 fully saturated rings. The van der Waals surface area contributed by atoms with Crippen molar-refractivity contribution in [3.05, 3.63) is 40.4 Å². The third-order valence-electron chi connectivity index (χ3n) is 3.96. The van der Waals surface area contributed by atoms with Gasteiger partial charge in [-0.15, -0.1) is 0 Å². The largest absolute Gasteiger partial charge is 0.493 e. The monoisotopic (exact) mass is 404 g/mol. The van der Waals surface area contributed by atoms with Crippen molar-refractivity contribution < 1.29 is 14.3 Å². The highest BCUT2D eigenvalue weighted by atomic mass is 79.9. The zero-order chi connectivity index (χ0) is 18.2. The van der Waals surface area contributed by atoms with Gasteiger partial charge in [-0.05, 0) is 52.5 Å². The summed E-state index contributed by atoms with van der Waals surface area (Å²) < 4.78 is 11.6. The average molecular weight is 405 g/mol. The highest BCUT2D eigenvalue weighted by molar-refractivity contribution is 9.10. The van der Waals surface area contributed by atoms with Crippen LogP contribution in [0.3, 0.4) is 0 Å². The molecule has 0 atom stereocenters. The number of hydrogen-bond acceptors (Lipinski definition) is 4. The second-order valence-corrected chi connectivity index (χ2v) is 6.61. The number of methoxy groups -OCH3 is 1. The number of carbonyl (C=O) groups is 1. The Hall–Kier alpha value is -2.26. The zero-order valence-corrected chi connectivity index (χ0v) is 15.8. The highest BCUT2D eigenvalue weighted by Gasteiger charge is 2.19. The summed E-state index contributed by atoms with van der Waals surface area (Å²) >= 11 is 3.44. The van der Waals surface area contributed by atoms with E-state index >= 15 is 0 Å². The van der Waals surface area contributed by atoms with Crippen molar-refractivity contribution in [2.75, 3.05) is 13.7 Å². The second kappa shape index (κ2) is 9.28. The molecule has 132 valence electrons. The van der Waals surface area contributed by atoms with Crippen LogP contribution in [-0.2, 0) is 4.79 Å². The van der Waals surface area contributed by atoms with Gasteiger partial charge in [0.2, 0.25) is 0 Å². The maximum absolute atomic E-state index is 12.3. The molecule has 1 aliphatic carbocycles. The van der Waals surface area contributed by atoms with Gasteiger partial charge in [0.1, 0.15) is 18.2 Å². The normalized spacial score (nSPS) is 14.7. The summed E-state index contributed by atoms with van der Waals surface area (Å²) in [6, 6.07) is 5.65. The molecule has 0 spiro atoms. The van der Waals surface area contributed by atoms with Crippen LogP contribution in [0.15, 0.2) is 34.8 Å². The Bertz CT molecular complexity index is 716. The highest BCUT2D eigenvalue weighted by Crippen LogP contribution is 2.37. The number of rotatable bonds is 7. The topological polar surface area (TPSA) is 71.3 Å². The Labute approximate surface area is 156 Å². The fourth-order valence-electron chi connectivity index (χ4n) is 2.75. The lowest BCUT2D eigenvalue weighted by atomic mass is 10.1. The van der Waals surface area contributed by atoms with Gasteiger partial charge in [-0.25, -0.2) is 0 Å². The van der Waals surface area contributed by atoms with Crippen molar-refractivity contribution in [1.29, 1.82) is 5.26 Å². The quantitative estimate of drug-likeness (QED) is 0.423. The molecule has 1 aromatic carbocycles. The van der Waals surface area contributed by atoms with Crippen LogP contribution in [-0.4, -0.2) is 25.7 Å². The number of nitriles is 1. The number of amides is 1. The van der Waals surface area contributed by atoms with Gasteiger partial charge < -0.3 is 14.8 Å². The summed E-state index contributed by atoms with van der Waals surface area (Å²) in [5.41, 5.74) is 0.744. The number of nitrogens with zero attached hydrogens (tertiary/aromatic N) is 1. The second-order valence-electron chi connectivity index (χ2n) is 5.76. The summed E-state index contributed by atoms with van der Waals surface area (Å²) in [4.78, 5) is 12.3. The molecular formula is C19H21BrN2O3. The van der Waals surface area contributed by atoms with E-state index in [0.717, 1.165) is 25.7 Å². The van der Waals surface area contributed by atoms with Gasteiger partial charge in [-0.2, -0.15) is 5.26 Å². The third kappa shape index (κ3) is 5.10. The summed E-state index contributed by atoms with van der Waals surface area (Å²) in [7, 11) is 1.54. The molecule has 1 aliphatic rings. The Morgan fingerprint density at radius 2 is 2.20 bits per heavy atom. The van der Waals surface area contributed by atoms with Crippen molar-refractivity contribution in [2.45, 2.75) is 31.7 Å². The predicted molar refractivity (Wildman–Crippen MR) is 100 cm³/mol. The Morgan fingerprint density at radius 1 is 1.48 bits per heavy atom. The molecule has 1 aromatic rings. The minimum Gasteiger partial charge on any atom is -0.493 e. The molecule has 0 aromatic heterocycles. The summed E-state index contributed by atoms with van der Waals surface area (Å²) in [6.07, 6.45) is 7.37. The molecule has 0 saturated heterocycles. The van der Waals surface area contributed by atoms with E-state index in [1.54, 1.807) is 24.3 Å². The summed E-state index contributed by atoms with van der Waals surface area (Å²) in [5.74, 6) is 0.723. The number of carbonyl (C=O) groups excluding carboxylic acids is 1. The molecule has 1 saturated carbocycles. The van der Waals surface area contributed by atoms with E-state index in [9.17, 15) is 10.1 Å². The van der Waals surface area contributed by atoms with Crippen LogP contribution in [0.2, 0.25) is 0 Å². The van der Waals surface area contributed by atoms with Crippen molar-refractivity contribution >= 4 is 27.9 Å². The molecule has 0 aliphatic heterocycles. The number of benzene rings is 1. The first kappa shape index (κ1) is 19.1. The van der Waals surface area contributed by atoms with E-state index in [-0.39, 0.29) is 17.5 Å². The van der Waals surface area contributed by atoms with Crippen LogP contribution in [0.1, 0.15) is 31.2 Å². The first-order chi connectivity index (χ1) is 12.1. The summed E-state index contributed by atoms with van der Waals surface area (Å²) in [6.45, 7) is 3.96. The molecule has 0 radical (unpaired) electrons. The Balaban J connectivity index is 2.24. The number of ether oxygens (including phenoxy) is 2. The predicted octanol–water partition coefficient (Wildman–Crippen LogP) is 3.99. The average Bonchev–Trinajstić information content (AvgIpc) is 3.11. The van der Waals surface area contributed by atoms with Gasteiger partial charge >= 0.3 is 0 Å². The Kier molecular flexibility index (Phi) is 7.08. The number of hydrogen-bond donors (Lipinski definition) is 1. The maximum atomic E-state index is 12.3. The molecule has 0 heterocycles. The van der Waals surface area contributed by atoms with Gasteiger partial charge in [0, 0.05) is 6.04 Å². The van der Waals surface area contributed by atoms with E-state index in [4.69, 9.17) is 9.47 Å². The van der Waals surface area contributed by atoms with Gasteiger partial charge in [-0.1, -0.05) is 25.5 Å². The SMILES string of the molecule is C=CCOc1c(Br)cc(/C=C(/C#N)C(=O)NC2CCCC2)cc1OC. The lowest BCUT2D eigenvalue weighted by Crippen LogP contribution is -2.33. The van der Waals surface area contributed by atoms with Crippen LogP contribution in [0.4, 0.5) is 0 Å². The first-order valence-corrected chi connectivity index (χ1v) is 8.92. The smallest absolute Gasteiger partial charge is 0.262 e. The number of halogens is 1. The fraction of sp³-hybridized carbons (Fsp3) is 0.368. The number of nitrogens with one attached hydrogen (secondary N) is 1. The molecular weight excluding hydrogens is 384 g/mol.